The Morgan fingerprint density at radius 3 is 2.12 bits per heavy atom. The van der Waals surface area contributed by atoms with Gasteiger partial charge in [0.25, 0.3) is 0 Å². The summed E-state index contributed by atoms with van der Waals surface area (Å²) in [6.45, 7) is 0. The lowest BCUT2D eigenvalue weighted by atomic mass is 10.1. The predicted molar refractivity (Wildman–Crippen MR) is 49.0 cm³/mol. The van der Waals surface area contributed by atoms with Gasteiger partial charge >= 0.3 is 6.18 Å². The van der Waals surface area contributed by atoms with E-state index in [1.54, 1.807) is 17.7 Å². The number of aliphatic imine (C=N–C) groups is 1. The molecule has 16 heavy (non-hydrogen) atoms. The molecule has 0 saturated heterocycles. The minimum absolute atomic E-state index is 0. The summed E-state index contributed by atoms with van der Waals surface area (Å²) in [4.78, 5) is 4.00. The molecule has 6 heteroatoms. The van der Waals surface area contributed by atoms with Crippen LogP contribution in [0.4, 0.5) is 13.2 Å². The van der Waals surface area contributed by atoms with E-state index >= 15 is 0 Å². The van der Waals surface area contributed by atoms with Crippen molar-refractivity contribution in [3.63, 3.8) is 0 Å². The van der Waals surface area contributed by atoms with E-state index in [4.69, 9.17) is 0 Å². The molecule has 0 bridgehead atoms. The summed E-state index contributed by atoms with van der Waals surface area (Å²) >= 11 is 0. The number of nitrogens with zero attached hydrogens (tertiary/aromatic N) is 1. The van der Waals surface area contributed by atoms with Crippen LogP contribution < -0.4 is 29.3 Å². The van der Waals surface area contributed by atoms with E-state index < -0.39 is 11.7 Å². The van der Waals surface area contributed by atoms with Crippen LogP contribution >= 0.6 is 0 Å². The summed E-state index contributed by atoms with van der Waals surface area (Å²) in [5.74, 6) is 0.684. The zero-order valence-electron chi connectivity index (χ0n) is 8.00. The summed E-state index contributed by atoms with van der Waals surface area (Å²) in [5.41, 5.74) is 0.0470. The van der Waals surface area contributed by atoms with Crippen molar-refractivity contribution in [3.05, 3.63) is 47.8 Å². The van der Waals surface area contributed by atoms with Crippen molar-refractivity contribution in [2.45, 2.75) is 6.18 Å². The Balaban J connectivity index is 0.00000128. The number of quaternary nitrogens is 1. The standard InChI is InChI=1S/C10H7F3N2.HI/c11-10(12,13)8-3-1-7(2-4-8)9-14-5-6-15-9;/h1-6H,(H,14,15);1H. The fraction of sp³-hybridized carbons (Fsp3) is 0.100. The van der Waals surface area contributed by atoms with Crippen LogP contribution in [0.25, 0.3) is 0 Å². The van der Waals surface area contributed by atoms with E-state index in [0.717, 1.165) is 12.1 Å². The van der Waals surface area contributed by atoms with Gasteiger partial charge in [0.05, 0.1) is 17.3 Å². The maximum atomic E-state index is 12.2. The molecule has 0 saturated carbocycles. The van der Waals surface area contributed by atoms with Crippen molar-refractivity contribution in [2.24, 2.45) is 4.99 Å². The van der Waals surface area contributed by atoms with Crippen LogP contribution in [0, 0.1) is 0 Å². The van der Waals surface area contributed by atoms with Crippen LogP contribution in [0.1, 0.15) is 11.1 Å². The van der Waals surface area contributed by atoms with Gasteiger partial charge in [0.1, 0.15) is 6.20 Å². The van der Waals surface area contributed by atoms with E-state index in [1.165, 1.54) is 12.1 Å². The maximum Gasteiger partial charge on any atom is 0.416 e. The molecule has 1 heterocycles. The van der Waals surface area contributed by atoms with Crippen molar-refractivity contribution in [2.75, 3.05) is 0 Å². The summed E-state index contributed by atoms with van der Waals surface area (Å²) in [6.07, 6.45) is -0.933. The van der Waals surface area contributed by atoms with E-state index in [0.29, 0.717) is 11.4 Å². The molecular formula is C10H8F3IN2. The Morgan fingerprint density at radius 1 is 1.06 bits per heavy atom. The van der Waals surface area contributed by atoms with Crippen molar-refractivity contribution in [1.29, 1.82) is 0 Å². The average Bonchev–Trinajstić information content (AvgIpc) is 2.69. The third-order valence-corrected chi connectivity index (χ3v) is 2.06. The van der Waals surface area contributed by atoms with Crippen molar-refractivity contribution >= 4 is 5.84 Å². The van der Waals surface area contributed by atoms with Crippen LogP contribution in [-0.2, 0) is 6.18 Å². The highest BCUT2D eigenvalue weighted by atomic mass is 127. The number of halogens is 4. The average molecular weight is 340 g/mol. The molecule has 86 valence electrons. The molecule has 0 aromatic heterocycles. The normalized spacial score (nSPS) is 14.6. The number of benzene rings is 1. The number of nitrogens with two attached hydrogens (primary N) is 1. The van der Waals surface area contributed by atoms with Gasteiger partial charge in [-0.15, -0.1) is 0 Å². The minimum Gasteiger partial charge on any atom is -1.00 e. The van der Waals surface area contributed by atoms with Gasteiger partial charge in [0.15, 0.2) is 0 Å². The molecule has 2 nitrogen and oxygen atoms in total. The van der Waals surface area contributed by atoms with Crippen LogP contribution in [-0.4, -0.2) is 5.84 Å². The fourth-order valence-electron chi connectivity index (χ4n) is 1.30. The second kappa shape index (κ2) is 4.96. The smallest absolute Gasteiger partial charge is 0.416 e. The Hall–Kier alpha value is -0.890. The number of rotatable bonds is 1. The molecular weight excluding hydrogens is 332 g/mol. The van der Waals surface area contributed by atoms with E-state index in [-0.39, 0.29) is 24.0 Å². The quantitative estimate of drug-likeness (QED) is 0.604. The molecule has 1 aliphatic rings. The van der Waals surface area contributed by atoms with Gasteiger partial charge in [-0.1, -0.05) is 0 Å². The first kappa shape index (κ1) is 13.2. The summed E-state index contributed by atoms with van der Waals surface area (Å²) in [7, 11) is 0. The topological polar surface area (TPSA) is 29.0 Å². The van der Waals surface area contributed by atoms with Gasteiger partial charge in [0.2, 0.25) is 5.84 Å². The van der Waals surface area contributed by atoms with Gasteiger partial charge in [-0.2, -0.15) is 18.2 Å². The number of amidine groups is 1. The van der Waals surface area contributed by atoms with Crippen LogP contribution in [0.3, 0.4) is 0 Å². The molecule has 0 atom stereocenters. The minimum atomic E-state index is -4.28. The number of hydrogen-bond acceptors (Lipinski definition) is 1. The summed E-state index contributed by atoms with van der Waals surface area (Å²) in [5, 5.41) is 1.75. The lowest BCUT2D eigenvalue weighted by Crippen LogP contribution is -3.00. The van der Waals surface area contributed by atoms with Crippen LogP contribution in [0.2, 0.25) is 0 Å². The van der Waals surface area contributed by atoms with Crippen LogP contribution in [0.15, 0.2) is 41.7 Å². The SMILES string of the molecule is FC(F)(F)c1ccc(C2=NC=C[NH2+]2)cc1.[I-]. The molecule has 0 fully saturated rings. The number of alkyl halides is 3. The molecule has 0 spiro atoms. The highest BCUT2D eigenvalue weighted by molar-refractivity contribution is 5.92. The van der Waals surface area contributed by atoms with Crippen LogP contribution in [0.5, 0.6) is 0 Å². The zero-order valence-corrected chi connectivity index (χ0v) is 10.2. The van der Waals surface area contributed by atoms with Gasteiger partial charge in [-0.05, 0) is 24.3 Å². The molecule has 0 aliphatic carbocycles. The van der Waals surface area contributed by atoms with E-state index in [1.807, 2.05) is 0 Å². The van der Waals surface area contributed by atoms with Crippen molar-refractivity contribution < 1.29 is 42.5 Å². The molecule has 2 rings (SSSR count). The third kappa shape index (κ3) is 2.82. The lowest BCUT2D eigenvalue weighted by molar-refractivity contribution is -0.456. The molecule has 2 N–H and O–H groups in total. The first-order valence-corrected chi connectivity index (χ1v) is 4.33. The Bertz CT molecular complexity index is 421. The van der Waals surface area contributed by atoms with Gasteiger partial charge in [-0.25, -0.2) is 0 Å². The largest absolute Gasteiger partial charge is 1.00 e. The second-order valence-corrected chi connectivity index (χ2v) is 3.10. The molecule has 0 unspecified atom stereocenters. The zero-order chi connectivity index (χ0) is 10.9. The van der Waals surface area contributed by atoms with Gasteiger partial charge in [0, 0.05) is 0 Å². The number of hydrogen-bond donors (Lipinski definition) is 1. The Morgan fingerprint density at radius 2 is 1.69 bits per heavy atom. The van der Waals surface area contributed by atoms with Crippen molar-refractivity contribution in [1.82, 2.24) is 0 Å². The summed E-state index contributed by atoms with van der Waals surface area (Å²) < 4.78 is 36.7. The molecule has 0 amide bonds. The van der Waals surface area contributed by atoms with Gasteiger partial charge in [-0.3, -0.25) is 5.32 Å². The maximum absolute atomic E-state index is 12.2. The molecule has 1 aliphatic heterocycles. The molecule has 1 aromatic rings. The highest BCUT2D eigenvalue weighted by Crippen LogP contribution is 2.28. The Labute approximate surface area is 107 Å². The molecule has 0 radical (unpaired) electrons. The third-order valence-electron chi connectivity index (χ3n) is 2.06. The van der Waals surface area contributed by atoms with E-state index in [2.05, 4.69) is 4.99 Å². The monoisotopic (exact) mass is 340 g/mol. The second-order valence-electron chi connectivity index (χ2n) is 3.10. The van der Waals surface area contributed by atoms with Crippen molar-refractivity contribution in [3.8, 4) is 0 Å². The fourth-order valence-corrected chi connectivity index (χ4v) is 1.30. The first-order chi connectivity index (χ1) is 7.07. The first-order valence-electron chi connectivity index (χ1n) is 4.33. The van der Waals surface area contributed by atoms with Gasteiger partial charge < -0.3 is 24.0 Å². The Kier molecular flexibility index (Phi) is 4.09. The molecule has 1 aromatic carbocycles. The summed E-state index contributed by atoms with van der Waals surface area (Å²) in [6, 6.07) is 4.96. The predicted octanol–water partition coefficient (Wildman–Crippen LogP) is -1.50. The van der Waals surface area contributed by atoms with E-state index in [9.17, 15) is 13.2 Å². The highest BCUT2D eigenvalue weighted by Gasteiger charge is 2.30. The lowest BCUT2D eigenvalue weighted by Gasteiger charge is -2.06.